The number of rotatable bonds is 8. The summed E-state index contributed by atoms with van der Waals surface area (Å²) in [6.07, 6.45) is 4.55. The van der Waals surface area contributed by atoms with Gasteiger partial charge >= 0.3 is 0 Å². The van der Waals surface area contributed by atoms with Gasteiger partial charge in [0.1, 0.15) is 5.75 Å². The fourth-order valence-corrected chi connectivity index (χ4v) is 3.26. The molecule has 0 fully saturated rings. The summed E-state index contributed by atoms with van der Waals surface area (Å²) in [5, 5.41) is 11.7. The molecule has 0 radical (unpaired) electrons. The molecule has 29 heavy (non-hydrogen) atoms. The maximum Gasteiger partial charge on any atom is 0.191 e. The predicted molar refractivity (Wildman–Crippen MR) is 118 cm³/mol. The van der Waals surface area contributed by atoms with Gasteiger partial charge in [-0.05, 0) is 41.3 Å². The molecular formula is C22H26ClN5O. The van der Waals surface area contributed by atoms with Crippen molar-refractivity contribution in [1.29, 1.82) is 0 Å². The highest BCUT2D eigenvalue weighted by Crippen LogP contribution is 2.22. The predicted octanol–water partition coefficient (Wildman–Crippen LogP) is 3.50. The van der Waals surface area contributed by atoms with E-state index in [1.165, 1.54) is 11.1 Å². The number of aromatic nitrogens is 2. The van der Waals surface area contributed by atoms with Crippen LogP contribution in [0.15, 0.2) is 65.9 Å². The topological polar surface area (TPSA) is 63.5 Å². The van der Waals surface area contributed by atoms with E-state index in [2.05, 4.69) is 45.0 Å². The summed E-state index contributed by atoms with van der Waals surface area (Å²) in [5.41, 5.74) is 3.47. The minimum atomic E-state index is 0.690. The molecule has 0 atom stereocenters. The molecule has 0 aliphatic heterocycles. The molecule has 1 heterocycles. The molecule has 0 aliphatic carbocycles. The lowest BCUT2D eigenvalue weighted by molar-refractivity contribution is 0.414. The van der Waals surface area contributed by atoms with E-state index < -0.39 is 0 Å². The summed E-state index contributed by atoms with van der Waals surface area (Å²) in [5.74, 6) is 1.52. The average Bonchev–Trinajstić information content (AvgIpc) is 3.24. The molecule has 3 aromatic rings. The van der Waals surface area contributed by atoms with Gasteiger partial charge in [-0.3, -0.25) is 9.67 Å². The van der Waals surface area contributed by atoms with Crippen LogP contribution in [0, 0.1) is 0 Å². The standard InChI is InChI=1S/C22H26ClN5O/c1-24-22(25-11-9-19-7-8-20(29-2)14-21(19)23)26-15-17-5-3-6-18(13-17)16-28-12-4-10-27-28/h3-8,10,12-14H,9,11,15-16H2,1-2H3,(H2,24,25,26). The average molecular weight is 412 g/mol. The van der Waals surface area contributed by atoms with Crippen LogP contribution in [-0.4, -0.2) is 36.4 Å². The van der Waals surface area contributed by atoms with Crippen molar-refractivity contribution in [3.05, 3.63) is 82.6 Å². The van der Waals surface area contributed by atoms with E-state index in [9.17, 15) is 0 Å². The molecule has 0 saturated heterocycles. The first kappa shape index (κ1) is 20.7. The minimum Gasteiger partial charge on any atom is -0.497 e. The lowest BCUT2D eigenvalue weighted by atomic mass is 10.1. The van der Waals surface area contributed by atoms with E-state index in [1.54, 1.807) is 20.4 Å². The van der Waals surface area contributed by atoms with Crippen molar-refractivity contribution in [3.8, 4) is 5.75 Å². The summed E-state index contributed by atoms with van der Waals surface area (Å²) in [7, 11) is 3.40. The van der Waals surface area contributed by atoms with E-state index in [0.29, 0.717) is 11.6 Å². The number of methoxy groups -OCH3 is 1. The van der Waals surface area contributed by atoms with Crippen LogP contribution >= 0.6 is 11.6 Å². The third kappa shape index (κ3) is 6.26. The van der Waals surface area contributed by atoms with Crippen molar-refractivity contribution >= 4 is 17.6 Å². The second kappa shape index (κ2) is 10.5. The molecule has 2 aromatic carbocycles. The second-order valence-corrected chi connectivity index (χ2v) is 6.99. The fraction of sp³-hybridized carbons (Fsp3) is 0.273. The van der Waals surface area contributed by atoms with Crippen molar-refractivity contribution in [2.75, 3.05) is 20.7 Å². The highest BCUT2D eigenvalue weighted by molar-refractivity contribution is 6.31. The van der Waals surface area contributed by atoms with Gasteiger partial charge in [0.25, 0.3) is 0 Å². The Morgan fingerprint density at radius 2 is 2.00 bits per heavy atom. The van der Waals surface area contributed by atoms with E-state index in [-0.39, 0.29) is 0 Å². The van der Waals surface area contributed by atoms with Gasteiger partial charge in [0.15, 0.2) is 5.96 Å². The summed E-state index contributed by atoms with van der Waals surface area (Å²) in [6.45, 7) is 2.18. The molecule has 0 spiro atoms. The van der Waals surface area contributed by atoms with Gasteiger partial charge in [-0.1, -0.05) is 41.9 Å². The summed E-state index contributed by atoms with van der Waals surface area (Å²) < 4.78 is 7.10. The van der Waals surface area contributed by atoms with Crippen LogP contribution in [0.3, 0.4) is 0 Å². The van der Waals surface area contributed by atoms with Crippen LogP contribution in [0.4, 0.5) is 0 Å². The largest absolute Gasteiger partial charge is 0.497 e. The number of nitrogens with one attached hydrogen (secondary N) is 2. The molecule has 2 N–H and O–H groups in total. The van der Waals surface area contributed by atoms with Crippen LogP contribution in [0.5, 0.6) is 5.75 Å². The Morgan fingerprint density at radius 3 is 2.72 bits per heavy atom. The summed E-state index contributed by atoms with van der Waals surface area (Å²) in [6, 6.07) is 16.1. The first-order valence-corrected chi connectivity index (χ1v) is 9.88. The second-order valence-electron chi connectivity index (χ2n) is 6.58. The molecule has 0 aliphatic rings. The van der Waals surface area contributed by atoms with Crippen LogP contribution in [0.2, 0.25) is 5.02 Å². The van der Waals surface area contributed by atoms with E-state index in [0.717, 1.165) is 36.8 Å². The Kier molecular flexibility index (Phi) is 7.53. The Labute approximate surface area is 176 Å². The first-order chi connectivity index (χ1) is 14.2. The van der Waals surface area contributed by atoms with Crippen molar-refractivity contribution in [2.45, 2.75) is 19.5 Å². The summed E-state index contributed by atoms with van der Waals surface area (Å²) >= 11 is 6.30. The molecule has 7 heteroatoms. The number of nitrogens with zero attached hydrogens (tertiary/aromatic N) is 3. The normalized spacial score (nSPS) is 11.3. The monoisotopic (exact) mass is 411 g/mol. The molecule has 6 nitrogen and oxygen atoms in total. The van der Waals surface area contributed by atoms with Crippen LogP contribution in [0.25, 0.3) is 0 Å². The maximum absolute atomic E-state index is 6.30. The number of hydrogen-bond donors (Lipinski definition) is 2. The molecule has 1 aromatic heterocycles. The van der Waals surface area contributed by atoms with Gasteiger partial charge in [0.2, 0.25) is 0 Å². The van der Waals surface area contributed by atoms with Gasteiger partial charge in [-0.2, -0.15) is 5.10 Å². The number of aliphatic imine (C=N–C) groups is 1. The number of halogens is 1. The zero-order chi connectivity index (χ0) is 20.5. The van der Waals surface area contributed by atoms with Crippen LogP contribution < -0.4 is 15.4 Å². The number of guanidine groups is 1. The van der Waals surface area contributed by atoms with E-state index in [4.69, 9.17) is 16.3 Å². The fourth-order valence-electron chi connectivity index (χ4n) is 3.00. The molecule has 0 bridgehead atoms. The minimum absolute atomic E-state index is 0.690. The third-order valence-electron chi connectivity index (χ3n) is 4.53. The Hall–Kier alpha value is -2.99. The van der Waals surface area contributed by atoms with E-state index in [1.807, 2.05) is 35.1 Å². The van der Waals surface area contributed by atoms with Gasteiger partial charge in [-0.15, -0.1) is 0 Å². The SMILES string of the molecule is CN=C(NCCc1ccc(OC)cc1Cl)NCc1cccc(Cn2cccn2)c1. The zero-order valence-electron chi connectivity index (χ0n) is 16.7. The van der Waals surface area contributed by atoms with Crippen molar-refractivity contribution in [3.63, 3.8) is 0 Å². The third-order valence-corrected chi connectivity index (χ3v) is 4.88. The Morgan fingerprint density at radius 1 is 1.14 bits per heavy atom. The first-order valence-electron chi connectivity index (χ1n) is 9.50. The lowest BCUT2D eigenvalue weighted by Gasteiger charge is -2.13. The molecule has 0 amide bonds. The molecule has 0 unspecified atom stereocenters. The van der Waals surface area contributed by atoms with Crippen LogP contribution in [-0.2, 0) is 19.5 Å². The van der Waals surface area contributed by atoms with Gasteiger partial charge < -0.3 is 15.4 Å². The highest BCUT2D eigenvalue weighted by atomic mass is 35.5. The molecule has 152 valence electrons. The van der Waals surface area contributed by atoms with E-state index >= 15 is 0 Å². The van der Waals surface area contributed by atoms with Crippen molar-refractivity contribution < 1.29 is 4.74 Å². The van der Waals surface area contributed by atoms with Gasteiger partial charge in [-0.25, -0.2) is 0 Å². The quantitative estimate of drug-likeness (QED) is 0.440. The van der Waals surface area contributed by atoms with Crippen molar-refractivity contribution in [2.24, 2.45) is 4.99 Å². The number of ether oxygens (including phenoxy) is 1. The maximum atomic E-state index is 6.30. The number of benzene rings is 2. The van der Waals surface area contributed by atoms with Crippen LogP contribution in [0.1, 0.15) is 16.7 Å². The Balaban J connectivity index is 1.48. The summed E-state index contributed by atoms with van der Waals surface area (Å²) in [4.78, 5) is 4.29. The Bertz CT molecular complexity index is 940. The van der Waals surface area contributed by atoms with Gasteiger partial charge in [0.05, 0.1) is 13.7 Å². The zero-order valence-corrected chi connectivity index (χ0v) is 17.5. The van der Waals surface area contributed by atoms with Crippen molar-refractivity contribution in [1.82, 2.24) is 20.4 Å². The molecule has 0 saturated carbocycles. The number of hydrogen-bond acceptors (Lipinski definition) is 3. The lowest BCUT2D eigenvalue weighted by Crippen LogP contribution is -2.37. The van der Waals surface area contributed by atoms with Gasteiger partial charge in [0, 0.05) is 37.6 Å². The molecule has 3 rings (SSSR count). The molecular weight excluding hydrogens is 386 g/mol. The highest BCUT2D eigenvalue weighted by Gasteiger charge is 2.04. The smallest absolute Gasteiger partial charge is 0.191 e.